The molecule has 0 aliphatic rings. The quantitative estimate of drug-likeness (QED) is 0.818. The summed E-state index contributed by atoms with van der Waals surface area (Å²) >= 11 is 1.49. The third kappa shape index (κ3) is 3.43. The van der Waals surface area contributed by atoms with Gasteiger partial charge in [0.1, 0.15) is 0 Å². The minimum atomic E-state index is -0.153. The van der Waals surface area contributed by atoms with Crippen LogP contribution in [0, 0.1) is 0 Å². The fourth-order valence-corrected chi connectivity index (χ4v) is 2.59. The van der Waals surface area contributed by atoms with Crippen LogP contribution in [0.4, 0.5) is 4.79 Å². The molecule has 0 N–H and O–H groups in total. The third-order valence-corrected chi connectivity index (χ3v) is 3.32. The molecule has 17 heavy (non-hydrogen) atoms. The molecular formula is C12H21N3OS. The van der Waals surface area contributed by atoms with Crippen molar-refractivity contribution in [2.45, 2.75) is 53.2 Å². The van der Waals surface area contributed by atoms with Crippen molar-refractivity contribution in [3.05, 3.63) is 16.4 Å². The van der Waals surface area contributed by atoms with Gasteiger partial charge in [-0.1, -0.05) is 0 Å². The molecule has 0 aliphatic carbocycles. The monoisotopic (exact) mass is 255 g/mol. The van der Waals surface area contributed by atoms with Gasteiger partial charge in [0, 0.05) is 30.2 Å². The van der Waals surface area contributed by atoms with Crippen LogP contribution in [-0.2, 0) is 6.54 Å². The SMILES string of the molecule is CCn1ccsc1=NC(=O)N(C(C)C)C(C)C. The fraction of sp³-hybridized carbons (Fsp3) is 0.667. The van der Waals surface area contributed by atoms with Crippen LogP contribution in [0.1, 0.15) is 34.6 Å². The van der Waals surface area contributed by atoms with Gasteiger partial charge in [0.05, 0.1) is 0 Å². The third-order valence-electron chi connectivity index (χ3n) is 2.53. The molecule has 0 saturated carbocycles. The van der Waals surface area contributed by atoms with Crippen molar-refractivity contribution >= 4 is 17.4 Å². The predicted octanol–water partition coefficient (Wildman–Crippen LogP) is 2.71. The van der Waals surface area contributed by atoms with E-state index in [4.69, 9.17) is 0 Å². The molecule has 4 nitrogen and oxygen atoms in total. The number of thiazole rings is 1. The van der Waals surface area contributed by atoms with Crippen LogP contribution in [0.3, 0.4) is 0 Å². The molecule has 1 aromatic rings. The van der Waals surface area contributed by atoms with E-state index in [-0.39, 0.29) is 18.1 Å². The van der Waals surface area contributed by atoms with Crippen LogP contribution in [0.25, 0.3) is 0 Å². The van der Waals surface area contributed by atoms with Crippen LogP contribution >= 0.6 is 11.3 Å². The summed E-state index contributed by atoms with van der Waals surface area (Å²) in [5.74, 6) is 0. The lowest BCUT2D eigenvalue weighted by Gasteiger charge is -2.28. The molecular weight excluding hydrogens is 234 g/mol. The lowest BCUT2D eigenvalue weighted by molar-refractivity contribution is 0.174. The number of carbonyl (C=O) groups excluding carboxylic acids is 1. The van der Waals surface area contributed by atoms with Gasteiger partial charge in [0.25, 0.3) is 0 Å². The van der Waals surface area contributed by atoms with Gasteiger partial charge in [-0.05, 0) is 34.6 Å². The second-order valence-electron chi connectivity index (χ2n) is 4.46. The Bertz CT molecular complexity index is 423. The Morgan fingerprint density at radius 3 is 2.47 bits per heavy atom. The van der Waals surface area contributed by atoms with Crippen molar-refractivity contribution in [3.63, 3.8) is 0 Å². The first-order valence-electron chi connectivity index (χ1n) is 5.98. The van der Waals surface area contributed by atoms with Gasteiger partial charge >= 0.3 is 6.03 Å². The van der Waals surface area contributed by atoms with Crippen LogP contribution in [0.2, 0.25) is 0 Å². The van der Waals surface area contributed by atoms with E-state index >= 15 is 0 Å². The molecule has 5 heteroatoms. The molecule has 2 amide bonds. The second-order valence-corrected chi connectivity index (χ2v) is 5.33. The standard InChI is InChI=1S/C12H21N3OS/c1-6-14-7-8-17-12(14)13-11(16)15(9(2)3)10(4)5/h7-10H,6H2,1-5H3. The lowest BCUT2D eigenvalue weighted by atomic mass is 10.2. The number of urea groups is 1. The Kier molecular flexibility index (Phi) is 4.93. The highest BCUT2D eigenvalue weighted by Gasteiger charge is 2.19. The summed E-state index contributed by atoms with van der Waals surface area (Å²) < 4.78 is 1.97. The second kappa shape index (κ2) is 6.00. The van der Waals surface area contributed by atoms with Crippen LogP contribution in [-0.4, -0.2) is 27.6 Å². The van der Waals surface area contributed by atoms with Crippen molar-refractivity contribution in [2.24, 2.45) is 4.99 Å². The highest BCUT2D eigenvalue weighted by Crippen LogP contribution is 2.07. The van der Waals surface area contributed by atoms with E-state index in [2.05, 4.69) is 4.99 Å². The molecule has 0 aliphatic heterocycles. The molecule has 0 atom stereocenters. The molecule has 0 unspecified atom stereocenters. The van der Waals surface area contributed by atoms with E-state index in [0.29, 0.717) is 0 Å². The number of aryl methyl sites for hydroxylation is 1. The number of carbonyl (C=O) groups is 1. The first-order valence-corrected chi connectivity index (χ1v) is 6.86. The first kappa shape index (κ1) is 14.0. The van der Waals surface area contributed by atoms with E-state index in [1.54, 1.807) is 4.90 Å². The predicted molar refractivity (Wildman–Crippen MR) is 71.1 cm³/mol. The number of hydrogen-bond donors (Lipinski definition) is 0. The normalized spacial score (nSPS) is 12.5. The summed E-state index contributed by atoms with van der Waals surface area (Å²) in [4.78, 5) is 18.9. The lowest BCUT2D eigenvalue weighted by Crippen LogP contribution is -2.41. The number of hydrogen-bond acceptors (Lipinski definition) is 2. The maximum atomic E-state index is 12.1. The van der Waals surface area contributed by atoms with Crippen molar-refractivity contribution in [1.82, 2.24) is 9.47 Å². The largest absolute Gasteiger partial charge is 0.346 e. The minimum Gasteiger partial charge on any atom is -0.324 e. The highest BCUT2D eigenvalue weighted by atomic mass is 32.1. The van der Waals surface area contributed by atoms with Gasteiger partial charge in [-0.15, -0.1) is 11.3 Å². The maximum absolute atomic E-state index is 12.1. The van der Waals surface area contributed by atoms with E-state index in [0.717, 1.165) is 11.3 Å². The number of rotatable bonds is 3. The summed E-state index contributed by atoms with van der Waals surface area (Å²) in [6.45, 7) is 10.9. The van der Waals surface area contributed by atoms with Crippen molar-refractivity contribution in [2.75, 3.05) is 0 Å². The highest BCUT2D eigenvalue weighted by molar-refractivity contribution is 7.07. The topological polar surface area (TPSA) is 37.6 Å². The van der Waals surface area contributed by atoms with Gasteiger partial charge in [0.15, 0.2) is 4.80 Å². The van der Waals surface area contributed by atoms with E-state index in [1.807, 2.05) is 50.8 Å². The van der Waals surface area contributed by atoms with Crippen LogP contribution in [0.15, 0.2) is 16.6 Å². The number of nitrogens with zero attached hydrogens (tertiary/aromatic N) is 3. The molecule has 0 spiro atoms. The average Bonchev–Trinajstić information content (AvgIpc) is 2.63. The van der Waals surface area contributed by atoms with Gasteiger partial charge in [0.2, 0.25) is 0 Å². The van der Waals surface area contributed by atoms with Crippen molar-refractivity contribution in [3.8, 4) is 0 Å². The van der Waals surface area contributed by atoms with Gasteiger partial charge in [-0.3, -0.25) is 0 Å². The Balaban J connectivity index is 3.01. The molecule has 1 heterocycles. The zero-order valence-corrected chi connectivity index (χ0v) is 12.0. The van der Waals surface area contributed by atoms with Gasteiger partial charge in [-0.2, -0.15) is 4.99 Å². The smallest absolute Gasteiger partial charge is 0.324 e. The summed E-state index contributed by atoms with van der Waals surface area (Å²) in [5.41, 5.74) is 0. The first-order chi connectivity index (χ1) is 7.97. The van der Waals surface area contributed by atoms with Gasteiger partial charge < -0.3 is 9.47 Å². The Morgan fingerprint density at radius 1 is 1.41 bits per heavy atom. The van der Waals surface area contributed by atoms with Crippen molar-refractivity contribution in [1.29, 1.82) is 0 Å². The summed E-state index contributed by atoms with van der Waals surface area (Å²) in [7, 11) is 0. The Hall–Kier alpha value is -1.10. The van der Waals surface area contributed by atoms with Crippen LogP contribution < -0.4 is 4.80 Å². The molecule has 0 saturated heterocycles. The molecule has 0 bridgehead atoms. The molecule has 1 aromatic heterocycles. The summed E-state index contributed by atoms with van der Waals surface area (Å²) in [6, 6.07) is 0.183. The van der Waals surface area contributed by atoms with Crippen LogP contribution in [0.5, 0.6) is 0 Å². The molecule has 0 radical (unpaired) electrons. The Morgan fingerprint density at radius 2 is 2.00 bits per heavy atom. The number of amides is 2. The maximum Gasteiger partial charge on any atom is 0.346 e. The zero-order valence-electron chi connectivity index (χ0n) is 11.2. The van der Waals surface area contributed by atoms with E-state index in [1.165, 1.54) is 11.3 Å². The molecule has 1 rings (SSSR count). The molecule has 0 fully saturated rings. The van der Waals surface area contributed by atoms with Crippen molar-refractivity contribution < 1.29 is 4.79 Å². The number of aromatic nitrogens is 1. The molecule has 96 valence electrons. The average molecular weight is 255 g/mol. The van der Waals surface area contributed by atoms with E-state index < -0.39 is 0 Å². The minimum absolute atomic E-state index is 0.153. The van der Waals surface area contributed by atoms with Gasteiger partial charge in [-0.25, -0.2) is 4.79 Å². The zero-order chi connectivity index (χ0) is 13.0. The summed E-state index contributed by atoms with van der Waals surface area (Å²) in [6.07, 6.45) is 1.95. The summed E-state index contributed by atoms with van der Waals surface area (Å²) in [5, 5.41) is 1.95. The Labute approximate surface area is 107 Å². The molecule has 0 aromatic carbocycles. The van der Waals surface area contributed by atoms with E-state index in [9.17, 15) is 4.79 Å². The fourth-order valence-electron chi connectivity index (χ4n) is 1.81.